The second-order valence-electron chi connectivity index (χ2n) is 4.71. The molecule has 0 unspecified atom stereocenters. The van der Waals surface area contributed by atoms with E-state index in [4.69, 9.17) is 4.74 Å². The number of thiazole rings is 1. The van der Waals surface area contributed by atoms with Crippen molar-refractivity contribution in [1.29, 1.82) is 0 Å². The molecule has 0 amide bonds. The van der Waals surface area contributed by atoms with E-state index in [1.807, 2.05) is 35.7 Å². The van der Waals surface area contributed by atoms with Gasteiger partial charge in [0.2, 0.25) is 0 Å². The van der Waals surface area contributed by atoms with Crippen LogP contribution in [0.15, 0.2) is 69.2 Å². The first-order chi connectivity index (χ1) is 11.3. The van der Waals surface area contributed by atoms with E-state index < -0.39 is 0 Å². The Labute approximate surface area is 143 Å². The summed E-state index contributed by atoms with van der Waals surface area (Å²) in [6.07, 6.45) is 0. The lowest BCUT2D eigenvalue weighted by Gasteiger charge is -2.02. The number of hydrogen-bond donors (Lipinski definition) is 0. The fourth-order valence-electron chi connectivity index (χ4n) is 2.02. The van der Waals surface area contributed by atoms with Crippen molar-refractivity contribution in [2.45, 2.75) is 16.2 Å². The van der Waals surface area contributed by atoms with Gasteiger partial charge in [0.15, 0.2) is 4.34 Å². The van der Waals surface area contributed by atoms with Crippen molar-refractivity contribution in [2.24, 2.45) is 0 Å². The van der Waals surface area contributed by atoms with E-state index in [0.29, 0.717) is 12.2 Å². The van der Waals surface area contributed by atoms with E-state index in [9.17, 15) is 4.79 Å². The summed E-state index contributed by atoms with van der Waals surface area (Å²) in [6.45, 7) is 2.18. The molecule has 0 atom stereocenters. The molecule has 0 aliphatic heterocycles. The first kappa shape index (κ1) is 15.8. The molecule has 3 nitrogen and oxygen atoms in total. The highest BCUT2D eigenvalue weighted by molar-refractivity contribution is 8.01. The summed E-state index contributed by atoms with van der Waals surface area (Å²) in [4.78, 5) is 17.5. The van der Waals surface area contributed by atoms with Gasteiger partial charge in [0.05, 0.1) is 17.9 Å². The standard InChI is InChI=1S/C18H15NO2S2/c1-2-21-17(20)14-10-8-13(9-11-14)16-12-22-18(19-16)23-15-6-4-3-5-7-15/h3-12H,2H2,1H3. The van der Waals surface area contributed by atoms with E-state index in [-0.39, 0.29) is 5.97 Å². The average Bonchev–Trinajstić information content (AvgIpc) is 3.05. The van der Waals surface area contributed by atoms with E-state index in [1.165, 1.54) is 4.90 Å². The fraction of sp³-hybridized carbons (Fsp3) is 0.111. The molecule has 5 heteroatoms. The quantitative estimate of drug-likeness (QED) is 0.603. The zero-order valence-electron chi connectivity index (χ0n) is 12.6. The van der Waals surface area contributed by atoms with Crippen LogP contribution in [0.5, 0.6) is 0 Å². The Morgan fingerprint density at radius 3 is 2.57 bits per heavy atom. The fourth-order valence-corrected chi connectivity index (χ4v) is 3.83. The Kier molecular flexibility index (Phi) is 5.10. The molecular weight excluding hydrogens is 326 g/mol. The average molecular weight is 341 g/mol. The highest BCUT2D eigenvalue weighted by atomic mass is 32.2. The van der Waals surface area contributed by atoms with Crippen LogP contribution in [0.3, 0.4) is 0 Å². The van der Waals surface area contributed by atoms with Gasteiger partial charge in [-0.3, -0.25) is 0 Å². The second-order valence-corrected chi connectivity index (χ2v) is 6.89. The smallest absolute Gasteiger partial charge is 0.338 e. The molecule has 0 bridgehead atoms. The van der Waals surface area contributed by atoms with Crippen molar-refractivity contribution in [3.05, 3.63) is 65.5 Å². The van der Waals surface area contributed by atoms with Crippen LogP contribution in [-0.4, -0.2) is 17.6 Å². The molecule has 0 saturated heterocycles. The summed E-state index contributed by atoms with van der Waals surface area (Å²) in [6, 6.07) is 17.5. The lowest BCUT2D eigenvalue weighted by atomic mass is 10.1. The maximum atomic E-state index is 11.7. The predicted octanol–water partition coefficient (Wildman–Crippen LogP) is 5.14. The number of carbonyl (C=O) groups excluding carboxylic acids is 1. The number of carbonyl (C=O) groups is 1. The number of nitrogens with zero attached hydrogens (tertiary/aromatic N) is 1. The van der Waals surface area contributed by atoms with Gasteiger partial charge < -0.3 is 4.74 Å². The minimum absolute atomic E-state index is 0.294. The molecular formula is C18H15NO2S2. The largest absolute Gasteiger partial charge is 0.462 e. The van der Waals surface area contributed by atoms with Gasteiger partial charge in [0.1, 0.15) is 0 Å². The molecule has 1 heterocycles. The number of benzene rings is 2. The number of ether oxygens (including phenoxy) is 1. The number of esters is 1. The van der Waals surface area contributed by atoms with Gasteiger partial charge in [-0.2, -0.15) is 0 Å². The minimum atomic E-state index is -0.294. The molecule has 0 spiro atoms. The van der Waals surface area contributed by atoms with Gasteiger partial charge in [-0.1, -0.05) is 42.1 Å². The van der Waals surface area contributed by atoms with Crippen LogP contribution in [0.1, 0.15) is 17.3 Å². The zero-order chi connectivity index (χ0) is 16.1. The van der Waals surface area contributed by atoms with Crippen molar-refractivity contribution < 1.29 is 9.53 Å². The SMILES string of the molecule is CCOC(=O)c1ccc(-c2csc(Sc3ccccc3)n2)cc1. The summed E-state index contributed by atoms with van der Waals surface area (Å²) in [7, 11) is 0. The third-order valence-electron chi connectivity index (χ3n) is 3.12. The van der Waals surface area contributed by atoms with Gasteiger partial charge >= 0.3 is 5.97 Å². The number of rotatable bonds is 5. The van der Waals surface area contributed by atoms with Crippen molar-refractivity contribution in [3.63, 3.8) is 0 Å². The third-order valence-corrected chi connectivity index (χ3v) is 5.07. The molecule has 3 rings (SSSR count). The molecule has 0 saturated carbocycles. The lowest BCUT2D eigenvalue weighted by Crippen LogP contribution is -2.03. The van der Waals surface area contributed by atoms with Crippen LogP contribution < -0.4 is 0 Å². The molecule has 1 aromatic heterocycles. The van der Waals surface area contributed by atoms with Crippen molar-refractivity contribution in [2.75, 3.05) is 6.61 Å². The molecule has 3 aromatic rings. The summed E-state index contributed by atoms with van der Waals surface area (Å²) in [5.74, 6) is -0.294. The monoisotopic (exact) mass is 341 g/mol. The Morgan fingerprint density at radius 2 is 1.87 bits per heavy atom. The van der Waals surface area contributed by atoms with E-state index in [2.05, 4.69) is 17.1 Å². The zero-order valence-corrected chi connectivity index (χ0v) is 14.2. The molecule has 0 N–H and O–H groups in total. The molecule has 0 radical (unpaired) electrons. The lowest BCUT2D eigenvalue weighted by molar-refractivity contribution is 0.0526. The van der Waals surface area contributed by atoms with Crippen molar-refractivity contribution >= 4 is 29.1 Å². The van der Waals surface area contributed by atoms with Crippen LogP contribution in [0.4, 0.5) is 0 Å². The molecule has 2 aromatic carbocycles. The van der Waals surface area contributed by atoms with Crippen LogP contribution >= 0.6 is 23.1 Å². The predicted molar refractivity (Wildman–Crippen MR) is 94.1 cm³/mol. The molecule has 0 aliphatic carbocycles. The van der Waals surface area contributed by atoms with E-state index >= 15 is 0 Å². The van der Waals surface area contributed by atoms with Crippen molar-refractivity contribution in [3.8, 4) is 11.3 Å². The summed E-state index contributed by atoms with van der Waals surface area (Å²) in [5.41, 5.74) is 2.47. The van der Waals surface area contributed by atoms with Crippen LogP contribution in [0.2, 0.25) is 0 Å². The molecule has 116 valence electrons. The minimum Gasteiger partial charge on any atom is -0.462 e. The summed E-state index contributed by atoms with van der Waals surface area (Å²) < 4.78 is 5.99. The highest BCUT2D eigenvalue weighted by Crippen LogP contribution is 2.33. The third kappa shape index (κ3) is 4.00. The molecule has 23 heavy (non-hydrogen) atoms. The Hall–Kier alpha value is -2.11. The molecule has 0 aliphatic rings. The van der Waals surface area contributed by atoms with Crippen LogP contribution in [0, 0.1) is 0 Å². The van der Waals surface area contributed by atoms with Gasteiger partial charge in [0, 0.05) is 15.8 Å². The van der Waals surface area contributed by atoms with Crippen molar-refractivity contribution in [1.82, 2.24) is 4.98 Å². The first-order valence-corrected chi connectivity index (χ1v) is 8.92. The number of hydrogen-bond acceptors (Lipinski definition) is 5. The topological polar surface area (TPSA) is 39.2 Å². The second kappa shape index (κ2) is 7.44. The highest BCUT2D eigenvalue weighted by Gasteiger charge is 2.09. The normalized spacial score (nSPS) is 10.5. The Morgan fingerprint density at radius 1 is 1.13 bits per heavy atom. The van der Waals surface area contributed by atoms with E-state index in [0.717, 1.165) is 15.6 Å². The maximum Gasteiger partial charge on any atom is 0.338 e. The van der Waals surface area contributed by atoms with Gasteiger partial charge in [-0.25, -0.2) is 9.78 Å². The number of aromatic nitrogens is 1. The van der Waals surface area contributed by atoms with Gasteiger partial charge in [-0.15, -0.1) is 11.3 Å². The Balaban J connectivity index is 1.74. The maximum absolute atomic E-state index is 11.7. The van der Waals surface area contributed by atoms with Crippen LogP contribution in [-0.2, 0) is 4.74 Å². The summed E-state index contributed by atoms with van der Waals surface area (Å²) >= 11 is 3.27. The molecule has 0 fully saturated rings. The van der Waals surface area contributed by atoms with Gasteiger partial charge in [-0.05, 0) is 31.2 Å². The Bertz CT molecular complexity index is 782. The van der Waals surface area contributed by atoms with Gasteiger partial charge in [0.25, 0.3) is 0 Å². The first-order valence-electron chi connectivity index (χ1n) is 7.22. The van der Waals surface area contributed by atoms with Crippen LogP contribution in [0.25, 0.3) is 11.3 Å². The van der Waals surface area contributed by atoms with E-state index in [1.54, 1.807) is 42.2 Å². The summed E-state index contributed by atoms with van der Waals surface area (Å²) in [5, 5.41) is 2.03.